The molecule has 2 aromatic carbocycles. The molecule has 0 saturated carbocycles. The van der Waals surface area contributed by atoms with Crippen molar-refractivity contribution in [1.29, 1.82) is 0 Å². The van der Waals surface area contributed by atoms with E-state index in [4.69, 9.17) is 4.74 Å². The Labute approximate surface area is 153 Å². The number of imidazole rings is 1. The number of fused-ring (bicyclic) bond motifs is 3. The molecule has 0 amide bonds. The number of thiazole rings is 1. The van der Waals surface area contributed by atoms with Crippen molar-refractivity contribution in [1.82, 2.24) is 9.38 Å². The zero-order valence-electron chi connectivity index (χ0n) is 14.6. The van der Waals surface area contributed by atoms with E-state index in [-0.39, 0.29) is 11.5 Å². The molecule has 0 saturated heterocycles. The van der Waals surface area contributed by atoms with Gasteiger partial charge in [0.15, 0.2) is 4.96 Å². The fourth-order valence-corrected chi connectivity index (χ4v) is 3.89. The molecule has 0 aliphatic heterocycles. The molecule has 0 spiro atoms. The first kappa shape index (κ1) is 16.5. The first-order valence-electron chi connectivity index (χ1n) is 8.15. The fourth-order valence-electron chi connectivity index (χ4n) is 2.91. The molecule has 26 heavy (non-hydrogen) atoms. The Kier molecular flexibility index (Phi) is 3.85. The summed E-state index contributed by atoms with van der Waals surface area (Å²) >= 11 is 1.37. The van der Waals surface area contributed by atoms with E-state index >= 15 is 0 Å². The standard InChI is InChI=1S/C20H16N2O3S/c1-11-4-9-16-18(12(11)2)21-20-22(16)19(24)17(26-20)10-14-5-7-15(8-6-14)25-13(3)23/h4-10H,1-3H3. The molecule has 5 nitrogen and oxygen atoms in total. The molecule has 2 aromatic heterocycles. The highest BCUT2D eigenvalue weighted by molar-refractivity contribution is 7.15. The molecule has 4 aromatic rings. The number of esters is 1. The molecule has 0 atom stereocenters. The summed E-state index contributed by atoms with van der Waals surface area (Å²) in [4.78, 5) is 29.2. The maximum Gasteiger partial charge on any atom is 0.308 e. The number of rotatable bonds is 2. The molecule has 0 fully saturated rings. The molecule has 6 heteroatoms. The Balaban J connectivity index is 1.83. The lowest BCUT2D eigenvalue weighted by molar-refractivity contribution is -0.131. The molecule has 0 aliphatic rings. The molecule has 0 radical (unpaired) electrons. The van der Waals surface area contributed by atoms with Gasteiger partial charge in [0.2, 0.25) is 0 Å². The van der Waals surface area contributed by atoms with Crippen molar-refractivity contribution >= 4 is 39.4 Å². The predicted molar refractivity (Wildman–Crippen MR) is 103 cm³/mol. The minimum absolute atomic E-state index is 0.0696. The van der Waals surface area contributed by atoms with Gasteiger partial charge in [-0.15, -0.1) is 0 Å². The lowest BCUT2D eigenvalue weighted by Crippen LogP contribution is -2.22. The van der Waals surface area contributed by atoms with E-state index in [1.54, 1.807) is 16.5 Å². The number of carbonyl (C=O) groups excluding carboxylic acids is 1. The molecule has 0 unspecified atom stereocenters. The van der Waals surface area contributed by atoms with Crippen molar-refractivity contribution in [3.05, 3.63) is 68.0 Å². The van der Waals surface area contributed by atoms with Crippen molar-refractivity contribution in [3.63, 3.8) is 0 Å². The van der Waals surface area contributed by atoms with Crippen LogP contribution in [0.5, 0.6) is 5.75 Å². The van der Waals surface area contributed by atoms with Gasteiger partial charge >= 0.3 is 5.97 Å². The second-order valence-electron chi connectivity index (χ2n) is 6.18. The topological polar surface area (TPSA) is 60.7 Å². The largest absolute Gasteiger partial charge is 0.427 e. The second-order valence-corrected chi connectivity index (χ2v) is 7.19. The van der Waals surface area contributed by atoms with Gasteiger partial charge in [-0.1, -0.05) is 29.5 Å². The van der Waals surface area contributed by atoms with Gasteiger partial charge in [0.05, 0.1) is 15.6 Å². The third kappa shape index (κ3) is 2.68. The van der Waals surface area contributed by atoms with Gasteiger partial charge in [-0.2, -0.15) is 0 Å². The number of aromatic nitrogens is 2. The molecule has 130 valence electrons. The van der Waals surface area contributed by atoms with Gasteiger partial charge in [-0.05, 0) is 54.8 Å². The third-order valence-electron chi connectivity index (χ3n) is 4.37. The van der Waals surface area contributed by atoms with E-state index in [0.717, 1.165) is 27.7 Å². The van der Waals surface area contributed by atoms with Gasteiger partial charge in [-0.25, -0.2) is 9.38 Å². The van der Waals surface area contributed by atoms with Crippen LogP contribution in [-0.4, -0.2) is 15.4 Å². The van der Waals surface area contributed by atoms with Crippen LogP contribution < -0.4 is 14.8 Å². The lowest BCUT2D eigenvalue weighted by atomic mass is 10.1. The summed E-state index contributed by atoms with van der Waals surface area (Å²) in [7, 11) is 0. The first-order chi connectivity index (χ1) is 12.4. The number of carbonyl (C=O) groups is 1. The molecule has 0 aliphatic carbocycles. The zero-order valence-corrected chi connectivity index (χ0v) is 15.4. The Morgan fingerprint density at radius 1 is 1.15 bits per heavy atom. The van der Waals surface area contributed by atoms with E-state index in [1.165, 1.54) is 18.3 Å². The Hall–Kier alpha value is -2.99. The third-order valence-corrected chi connectivity index (χ3v) is 5.34. The summed E-state index contributed by atoms with van der Waals surface area (Å²) in [6, 6.07) is 11.0. The summed E-state index contributed by atoms with van der Waals surface area (Å²) < 4.78 is 7.31. The van der Waals surface area contributed by atoms with E-state index in [9.17, 15) is 9.59 Å². The van der Waals surface area contributed by atoms with Crippen LogP contribution in [0.4, 0.5) is 0 Å². The van der Waals surface area contributed by atoms with Gasteiger partial charge in [0.1, 0.15) is 5.75 Å². The van der Waals surface area contributed by atoms with Crippen molar-refractivity contribution in [2.24, 2.45) is 0 Å². The highest BCUT2D eigenvalue weighted by Crippen LogP contribution is 2.22. The number of ether oxygens (including phenoxy) is 1. The Morgan fingerprint density at radius 3 is 2.58 bits per heavy atom. The number of benzene rings is 2. The van der Waals surface area contributed by atoms with Gasteiger partial charge in [0.25, 0.3) is 5.56 Å². The van der Waals surface area contributed by atoms with Crippen molar-refractivity contribution < 1.29 is 9.53 Å². The molecular weight excluding hydrogens is 348 g/mol. The summed E-state index contributed by atoms with van der Waals surface area (Å²) in [5, 5.41) is 0. The van der Waals surface area contributed by atoms with Gasteiger partial charge in [0, 0.05) is 6.92 Å². The minimum atomic E-state index is -0.361. The minimum Gasteiger partial charge on any atom is -0.427 e. The van der Waals surface area contributed by atoms with E-state index in [2.05, 4.69) is 4.98 Å². The molecule has 0 N–H and O–H groups in total. The van der Waals surface area contributed by atoms with E-state index < -0.39 is 0 Å². The molecule has 0 bridgehead atoms. The lowest BCUT2D eigenvalue weighted by Gasteiger charge is -2.00. The first-order valence-corrected chi connectivity index (χ1v) is 8.97. The summed E-state index contributed by atoms with van der Waals surface area (Å²) in [5.74, 6) is 0.121. The quantitative estimate of drug-likeness (QED) is 0.405. The smallest absolute Gasteiger partial charge is 0.308 e. The Bertz CT molecular complexity index is 1270. The summed E-state index contributed by atoms with van der Waals surface area (Å²) in [6.07, 6.45) is 1.83. The van der Waals surface area contributed by atoms with Crippen LogP contribution in [0, 0.1) is 13.8 Å². The van der Waals surface area contributed by atoms with Crippen LogP contribution in [0.3, 0.4) is 0 Å². The van der Waals surface area contributed by atoms with Gasteiger partial charge < -0.3 is 4.74 Å². The summed E-state index contributed by atoms with van der Waals surface area (Å²) in [6.45, 7) is 5.43. The van der Waals surface area contributed by atoms with Crippen LogP contribution in [0.15, 0.2) is 41.2 Å². The van der Waals surface area contributed by atoms with Crippen molar-refractivity contribution in [2.75, 3.05) is 0 Å². The van der Waals surface area contributed by atoms with Crippen molar-refractivity contribution in [2.45, 2.75) is 20.8 Å². The normalized spacial score (nSPS) is 12.2. The highest BCUT2D eigenvalue weighted by Gasteiger charge is 2.13. The van der Waals surface area contributed by atoms with Crippen LogP contribution in [0.2, 0.25) is 0 Å². The summed E-state index contributed by atoms with van der Waals surface area (Å²) in [5.41, 5.74) is 4.78. The average molecular weight is 364 g/mol. The number of aryl methyl sites for hydroxylation is 2. The number of hydrogen-bond donors (Lipinski definition) is 0. The predicted octanol–water partition coefficient (Wildman–Crippen LogP) is 3.00. The highest BCUT2D eigenvalue weighted by atomic mass is 32.1. The van der Waals surface area contributed by atoms with Crippen LogP contribution in [0.25, 0.3) is 22.1 Å². The zero-order chi connectivity index (χ0) is 18.4. The van der Waals surface area contributed by atoms with Crippen LogP contribution >= 0.6 is 11.3 Å². The number of hydrogen-bond acceptors (Lipinski definition) is 5. The number of nitrogens with zero attached hydrogens (tertiary/aromatic N) is 2. The average Bonchev–Trinajstić information content (AvgIpc) is 3.10. The maximum absolute atomic E-state index is 12.8. The SMILES string of the molecule is CC(=O)Oc1ccc(C=c2sc3nc4c(C)c(C)ccc4n3c2=O)cc1. The molecule has 2 heterocycles. The monoisotopic (exact) mass is 364 g/mol. The van der Waals surface area contributed by atoms with E-state index in [1.807, 2.05) is 44.2 Å². The Morgan fingerprint density at radius 2 is 1.88 bits per heavy atom. The molecule has 4 rings (SSSR count). The second kappa shape index (κ2) is 6.07. The van der Waals surface area contributed by atoms with Crippen LogP contribution in [0.1, 0.15) is 23.6 Å². The fraction of sp³-hybridized carbons (Fsp3) is 0.150. The van der Waals surface area contributed by atoms with Crippen molar-refractivity contribution in [3.8, 4) is 5.75 Å². The van der Waals surface area contributed by atoms with Crippen LogP contribution in [-0.2, 0) is 4.79 Å². The molecular formula is C20H16N2O3S. The maximum atomic E-state index is 12.8. The van der Waals surface area contributed by atoms with Gasteiger partial charge in [-0.3, -0.25) is 9.59 Å². The van der Waals surface area contributed by atoms with E-state index in [0.29, 0.717) is 15.2 Å².